The van der Waals surface area contributed by atoms with E-state index in [0.717, 1.165) is 9.17 Å². The third kappa shape index (κ3) is 2.08. The molecular weight excluding hydrogens is 325 g/mol. The molecule has 0 spiro atoms. The van der Waals surface area contributed by atoms with Gasteiger partial charge in [0.1, 0.15) is 0 Å². The van der Waals surface area contributed by atoms with Crippen molar-refractivity contribution >= 4 is 49.0 Å². The predicted molar refractivity (Wildman–Crippen MR) is 64.2 cm³/mol. The molecule has 0 nitrogen and oxygen atoms in total. The first-order valence-electron chi connectivity index (χ1n) is 4.27. The van der Waals surface area contributed by atoms with Gasteiger partial charge in [-0.3, -0.25) is 0 Å². The molecule has 0 aliphatic carbocycles. The Hall–Kier alpha value is -0.260. The summed E-state index contributed by atoms with van der Waals surface area (Å²) >= 11 is 9.97. The van der Waals surface area contributed by atoms with Gasteiger partial charge >= 0.3 is 6.18 Å². The van der Waals surface area contributed by atoms with E-state index < -0.39 is 11.6 Å². The lowest BCUT2D eigenvalue weighted by Gasteiger charge is -2.12. The number of thiophene rings is 1. The molecule has 0 N–H and O–H groups in total. The molecule has 1 aromatic heterocycles. The molecular formula is C10H5BrClF3S. The Bertz CT molecular complexity index is 520. The van der Waals surface area contributed by atoms with Crippen LogP contribution in [0.15, 0.2) is 28.1 Å². The zero-order chi connectivity index (χ0) is 11.9. The number of hydrogen-bond donors (Lipinski definition) is 0. The molecule has 0 bridgehead atoms. The monoisotopic (exact) mass is 328 g/mol. The zero-order valence-electron chi connectivity index (χ0n) is 7.68. The Balaban J connectivity index is 2.59. The molecule has 0 radical (unpaired) electrons. The van der Waals surface area contributed by atoms with Gasteiger partial charge in [-0.25, -0.2) is 0 Å². The summed E-state index contributed by atoms with van der Waals surface area (Å²) in [6.07, 6.45) is -4.42. The molecule has 16 heavy (non-hydrogen) atoms. The second kappa shape index (κ2) is 4.20. The summed E-state index contributed by atoms with van der Waals surface area (Å²) in [5.41, 5.74) is 0.121. The Kier molecular flexibility index (Phi) is 3.20. The van der Waals surface area contributed by atoms with Crippen molar-refractivity contribution in [2.75, 3.05) is 0 Å². The van der Waals surface area contributed by atoms with E-state index >= 15 is 0 Å². The lowest BCUT2D eigenvalue weighted by atomic mass is 10.1. The van der Waals surface area contributed by atoms with Crippen LogP contribution in [0, 0.1) is 0 Å². The van der Waals surface area contributed by atoms with Gasteiger partial charge < -0.3 is 0 Å². The van der Waals surface area contributed by atoms with Crippen LogP contribution in [-0.4, -0.2) is 6.18 Å². The van der Waals surface area contributed by atoms with E-state index in [1.54, 1.807) is 18.2 Å². The standard InChI is InChI=1S/C10H5BrClF3S/c11-7-3-1-2-5-6(4-16-8(5)7)9(12)10(13,14)15/h1-4,9H. The maximum atomic E-state index is 12.5. The minimum Gasteiger partial charge on any atom is -0.169 e. The fourth-order valence-corrected chi connectivity index (χ4v) is 3.32. The number of benzene rings is 1. The molecule has 86 valence electrons. The second-order valence-corrected chi connectivity index (χ2v) is 5.38. The lowest BCUT2D eigenvalue weighted by molar-refractivity contribution is -0.131. The van der Waals surface area contributed by atoms with Gasteiger partial charge in [-0.1, -0.05) is 12.1 Å². The highest BCUT2D eigenvalue weighted by atomic mass is 79.9. The fourth-order valence-electron chi connectivity index (χ4n) is 1.41. The van der Waals surface area contributed by atoms with E-state index in [9.17, 15) is 13.2 Å². The van der Waals surface area contributed by atoms with Crippen LogP contribution in [0.3, 0.4) is 0 Å². The van der Waals surface area contributed by atoms with E-state index in [-0.39, 0.29) is 5.56 Å². The highest BCUT2D eigenvalue weighted by Gasteiger charge is 2.40. The van der Waals surface area contributed by atoms with Crippen LogP contribution in [0.2, 0.25) is 0 Å². The van der Waals surface area contributed by atoms with Crippen molar-refractivity contribution in [2.45, 2.75) is 11.6 Å². The first kappa shape index (κ1) is 12.2. The highest BCUT2D eigenvalue weighted by Crippen LogP contribution is 2.44. The zero-order valence-corrected chi connectivity index (χ0v) is 10.8. The van der Waals surface area contributed by atoms with Crippen LogP contribution < -0.4 is 0 Å². The average Bonchev–Trinajstić information content (AvgIpc) is 2.60. The molecule has 0 saturated heterocycles. The van der Waals surface area contributed by atoms with E-state index in [2.05, 4.69) is 15.9 Å². The third-order valence-corrected chi connectivity index (χ3v) is 4.60. The van der Waals surface area contributed by atoms with Crippen molar-refractivity contribution < 1.29 is 13.2 Å². The van der Waals surface area contributed by atoms with Gasteiger partial charge in [-0.15, -0.1) is 22.9 Å². The van der Waals surface area contributed by atoms with Gasteiger partial charge in [0.2, 0.25) is 0 Å². The minimum atomic E-state index is -4.42. The van der Waals surface area contributed by atoms with Crippen LogP contribution in [0.25, 0.3) is 10.1 Å². The predicted octanol–water partition coefficient (Wildman–Crippen LogP) is 5.51. The molecule has 2 aromatic rings. The largest absolute Gasteiger partial charge is 0.408 e. The van der Waals surface area contributed by atoms with Crippen molar-refractivity contribution in [2.24, 2.45) is 0 Å². The van der Waals surface area contributed by atoms with Crippen LogP contribution >= 0.6 is 38.9 Å². The normalized spacial score (nSPS) is 14.3. The molecule has 2 rings (SSSR count). The van der Waals surface area contributed by atoms with E-state index in [4.69, 9.17) is 11.6 Å². The van der Waals surface area contributed by atoms with Crippen molar-refractivity contribution in [1.82, 2.24) is 0 Å². The first-order valence-corrected chi connectivity index (χ1v) is 6.38. The van der Waals surface area contributed by atoms with Crippen LogP contribution in [-0.2, 0) is 0 Å². The maximum absolute atomic E-state index is 12.5. The fraction of sp³-hybridized carbons (Fsp3) is 0.200. The molecule has 1 unspecified atom stereocenters. The Morgan fingerprint density at radius 1 is 1.31 bits per heavy atom. The minimum absolute atomic E-state index is 0.121. The molecule has 0 fully saturated rings. The summed E-state index contributed by atoms with van der Waals surface area (Å²) in [6, 6.07) is 5.13. The Labute approximate surface area is 107 Å². The highest BCUT2D eigenvalue weighted by molar-refractivity contribution is 9.10. The van der Waals surface area contributed by atoms with Gasteiger partial charge in [-0.2, -0.15) is 13.2 Å². The van der Waals surface area contributed by atoms with Crippen molar-refractivity contribution in [3.05, 3.63) is 33.6 Å². The van der Waals surface area contributed by atoms with Crippen LogP contribution in [0.1, 0.15) is 10.9 Å². The van der Waals surface area contributed by atoms with Crippen LogP contribution in [0.4, 0.5) is 13.2 Å². The number of fused-ring (bicyclic) bond motifs is 1. The Morgan fingerprint density at radius 2 is 2.00 bits per heavy atom. The smallest absolute Gasteiger partial charge is 0.169 e. The molecule has 0 aliphatic heterocycles. The van der Waals surface area contributed by atoms with E-state index in [1.807, 2.05) is 0 Å². The summed E-state index contributed by atoms with van der Waals surface area (Å²) < 4.78 is 39.1. The molecule has 0 saturated carbocycles. The molecule has 6 heteroatoms. The summed E-state index contributed by atoms with van der Waals surface area (Å²) in [7, 11) is 0. The lowest BCUT2D eigenvalue weighted by Crippen LogP contribution is -2.15. The van der Waals surface area contributed by atoms with Crippen LogP contribution in [0.5, 0.6) is 0 Å². The molecule has 1 heterocycles. The van der Waals surface area contributed by atoms with Crippen molar-refractivity contribution in [3.8, 4) is 0 Å². The number of hydrogen-bond acceptors (Lipinski definition) is 1. The second-order valence-electron chi connectivity index (χ2n) is 3.21. The first-order chi connectivity index (χ1) is 7.41. The van der Waals surface area contributed by atoms with Gasteiger partial charge in [0.15, 0.2) is 5.38 Å². The Morgan fingerprint density at radius 3 is 2.62 bits per heavy atom. The number of halogens is 5. The molecule has 0 amide bonds. The topological polar surface area (TPSA) is 0 Å². The molecule has 1 atom stereocenters. The van der Waals surface area contributed by atoms with E-state index in [1.165, 1.54) is 16.7 Å². The third-order valence-electron chi connectivity index (χ3n) is 2.14. The van der Waals surface area contributed by atoms with E-state index in [0.29, 0.717) is 5.39 Å². The average molecular weight is 330 g/mol. The summed E-state index contributed by atoms with van der Waals surface area (Å²) in [5, 5.41) is 0.0628. The molecule has 0 aliphatic rings. The summed E-state index contributed by atoms with van der Waals surface area (Å²) in [5.74, 6) is 0. The van der Waals surface area contributed by atoms with Gasteiger partial charge in [0, 0.05) is 9.17 Å². The quantitative estimate of drug-likeness (QED) is 0.605. The molecule has 1 aromatic carbocycles. The number of alkyl halides is 4. The van der Waals surface area contributed by atoms with Gasteiger partial charge in [0.25, 0.3) is 0 Å². The maximum Gasteiger partial charge on any atom is 0.408 e. The summed E-state index contributed by atoms with van der Waals surface area (Å²) in [6.45, 7) is 0. The van der Waals surface area contributed by atoms with Crippen molar-refractivity contribution in [1.29, 1.82) is 0 Å². The van der Waals surface area contributed by atoms with Gasteiger partial charge in [0.05, 0.1) is 0 Å². The number of rotatable bonds is 1. The SMILES string of the molecule is FC(F)(F)C(Cl)c1csc2c(Br)cccc12. The van der Waals surface area contributed by atoms with Crippen molar-refractivity contribution in [3.63, 3.8) is 0 Å². The van der Waals surface area contributed by atoms with Gasteiger partial charge in [-0.05, 0) is 38.3 Å². The summed E-state index contributed by atoms with van der Waals surface area (Å²) in [4.78, 5) is 0.